The lowest BCUT2D eigenvalue weighted by molar-refractivity contribution is -0.137. The van der Waals surface area contributed by atoms with E-state index in [-0.39, 0.29) is 5.92 Å². The number of carbonyl (C=O) groups is 1. The summed E-state index contributed by atoms with van der Waals surface area (Å²) < 4.78 is 0. The molecular formula is C23H22O2. The molecule has 0 bridgehead atoms. The second-order valence-electron chi connectivity index (χ2n) is 6.40. The number of hydrogen-bond acceptors (Lipinski definition) is 1. The highest BCUT2D eigenvalue weighted by atomic mass is 16.4. The first-order valence-electron chi connectivity index (χ1n) is 8.57. The molecule has 3 aromatic carbocycles. The second kappa shape index (κ2) is 7.80. The lowest BCUT2D eigenvalue weighted by Crippen LogP contribution is -2.16. The number of carboxylic acid groups (broad SMARTS) is 1. The molecule has 0 saturated carbocycles. The second-order valence-corrected chi connectivity index (χ2v) is 6.40. The van der Waals surface area contributed by atoms with Crippen molar-refractivity contribution in [1.82, 2.24) is 0 Å². The zero-order chi connectivity index (χ0) is 17.6. The zero-order valence-corrected chi connectivity index (χ0v) is 14.3. The minimum atomic E-state index is -0.814. The number of benzene rings is 3. The molecule has 0 aliphatic heterocycles. The van der Waals surface area contributed by atoms with Gasteiger partial charge in [-0.05, 0) is 34.6 Å². The van der Waals surface area contributed by atoms with Crippen molar-refractivity contribution in [2.75, 3.05) is 0 Å². The number of hydrogen-bond donors (Lipinski definition) is 1. The molecule has 0 fully saturated rings. The van der Waals surface area contributed by atoms with Crippen molar-refractivity contribution < 1.29 is 9.90 Å². The summed E-state index contributed by atoms with van der Waals surface area (Å²) in [6.07, 6.45) is 0.888. The van der Waals surface area contributed by atoms with Crippen LogP contribution in [0.4, 0.5) is 0 Å². The van der Waals surface area contributed by atoms with Crippen LogP contribution in [0.25, 0.3) is 0 Å². The van der Waals surface area contributed by atoms with Gasteiger partial charge in [-0.3, -0.25) is 4.79 Å². The standard InChI is InChI=1S/C23H22O2/c1-17(16-18-10-4-2-5-11-18)20-14-8-9-15-21(20)22(23(24)25)19-12-6-3-7-13-19/h2-15,17,22H,16H2,1H3,(H,24,25). The fourth-order valence-electron chi connectivity index (χ4n) is 3.40. The van der Waals surface area contributed by atoms with Gasteiger partial charge in [0.2, 0.25) is 0 Å². The Morgan fingerprint density at radius 2 is 1.32 bits per heavy atom. The van der Waals surface area contributed by atoms with Crippen molar-refractivity contribution in [3.8, 4) is 0 Å². The number of rotatable bonds is 6. The van der Waals surface area contributed by atoms with Gasteiger partial charge in [0, 0.05) is 0 Å². The lowest BCUT2D eigenvalue weighted by atomic mass is 9.82. The first-order valence-corrected chi connectivity index (χ1v) is 8.57. The highest BCUT2D eigenvalue weighted by Gasteiger charge is 2.25. The molecule has 0 spiro atoms. The molecule has 2 nitrogen and oxygen atoms in total. The summed E-state index contributed by atoms with van der Waals surface area (Å²) in [5, 5.41) is 9.88. The zero-order valence-electron chi connectivity index (χ0n) is 14.3. The minimum Gasteiger partial charge on any atom is -0.481 e. The maximum absolute atomic E-state index is 12.0. The van der Waals surface area contributed by atoms with Crippen LogP contribution in [0.2, 0.25) is 0 Å². The molecule has 1 N–H and O–H groups in total. The third-order valence-electron chi connectivity index (χ3n) is 4.60. The van der Waals surface area contributed by atoms with Crippen LogP contribution < -0.4 is 0 Å². The smallest absolute Gasteiger partial charge is 0.315 e. The van der Waals surface area contributed by atoms with Gasteiger partial charge in [0.25, 0.3) is 0 Å². The maximum Gasteiger partial charge on any atom is 0.315 e. The average Bonchev–Trinajstić information content (AvgIpc) is 2.64. The van der Waals surface area contributed by atoms with E-state index in [9.17, 15) is 9.90 Å². The average molecular weight is 330 g/mol. The number of carboxylic acids is 1. The molecule has 0 saturated heterocycles. The number of aliphatic carboxylic acids is 1. The van der Waals surface area contributed by atoms with E-state index < -0.39 is 11.9 Å². The molecular weight excluding hydrogens is 308 g/mol. The summed E-state index contributed by atoms with van der Waals surface area (Å²) in [5.41, 5.74) is 4.05. The van der Waals surface area contributed by atoms with E-state index in [2.05, 4.69) is 25.1 Å². The van der Waals surface area contributed by atoms with Crippen molar-refractivity contribution in [1.29, 1.82) is 0 Å². The summed E-state index contributed by atoms with van der Waals surface area (Å²) in [6, 6.07) is 27.7. The van der Waals surface area contributed by atoms with Crippen molar-refractivity contribution in [2.24, 2.45) is 0 Å². The SMILES string of the molecule is CC(Cc1ccccc1)c1ccccc1C(C(=O)O)c1ccccc1. The van der Waals surface area contributed by atoms with Crippen molar-refractivity contribution in [3.63, 3.8) is 0 Å². The van der Waals surface area contributed by atoms with E-state index >= 15 is 0 Å². The van der Waals surface area contributed by atoms with Crippen molar-refractivity contribution in [3.05, 3.63) is 107 Å². The van der Waals surface area contributed by atoms with Gasteiger partial charge in [-0.15, -0.1) is 0 Å². The Labute approximate surface area is 148 Å². The van der Waals surface area contributed by atoms with Gasteiger partial charge in [0.05, 0.1) is 0 Å². The first kappa shape index (κ1) is 17.0. The third kappa shape index (κ3) is 3.97. The van der Waals surface area contributed by atoms with Crippen LogP contribution in [0.5, 0.6) is 0 Å². The third-order valence-corrected chi connectivity index (χ3v) is 4.60. The Balaban J connectivity index is 1.98. The highest BCUT2D eigenvalue weighted by molar-refractivity contribution is 5.81. The Bertz CT molecular complexity index is 825. The molecule has 2 unspecified atom stereocenters. The molecule has 2 atom stereocenters. The monoisotopic (exact) mass is 330 g/mol. The van der Waals surface area contributed by atoms with Gasteiger partial charge in [-0.2, -0.15) is 0 Å². The largest absolute Gasteiger partial charge is 0.481 e. The molecule has 0 aliphatic rings. The fraction of sp³-hybridized carbons (Fsp3) is 0.174. The van der Waals surface area contributed by atoms with E-state index in [4.69, 9.17) is 0 Å². The Morgan fingerprint density at radius 3 is 1.92 bits per heavy atom. The van der Waals surface area contributed by atoms with Crippen LogP contribution in [0.3, 0.4) is 0 Å². The van der Waals surface area contributed by atoms with Crippen LogP contribution in [0.15, 0.2) is 84.9 Å². The van der Waals surface area contributed by atoms with Gasteiger partial charge >= 0.3 is 5.97 Å². The van der Waals surface area contributed by atoms with E-state index in [1.54, 1.807) is 0 Å². The summed E-state index contributed by atoms with van der Waals surface area (Å²) in [6.45, 7) is 2.16. The molecule has 0 heterocycles. The lowest BCUT2D eigenvalue weighted by Gasteiger charge is -2.21. The van der Waals surface area contributed by atoms with E-state index in [1.807, 2.05) is 66.7 Å². The van der Waals surface area contributed by atoms with Crippen LogP contribution in [0.1, 0.15) is 41.0 Å². The maximum atomic E-state index is 12.0. The minimum absolute atomic E-state index is 0.240. The van der Waals surface area contributed by atoms with Gasteiger partial charge in [0.1, 0.15) is 5.92 Å². The van der Waals surface area contributed by atoms with Gasteiger partial charge < -0.3 is 5.11 Å². The molecule has 0 radical (unpaired) electrons. The summed E-state index contributed by atoms with van der Waals surface area (Å²) >= 11 is 0. The molecule has 126 valence electrons. The van der Waals surface area contributed by atoms with E-state index in [1.165, 1.54) is 5.56 Å². The molecule has 2 heteroatoms. The van der Waals surface area contributed by atoms with Crippen LogP contribution >= 0.6 is 0 Å². The summed E-state index contributed by atoms with van der Waals surface area (Å²) in [4.78, 5) is 12.0. The van der Waals surface area contributed by atoms with Gasteiger partial charge in [-0.25, -0.2) is 0 Å². The van der Waals surface area contributed by atoms with Crippen molar-refractivity contribution in [2.45, 2.75) is 25.2 Å². The predicted octanol–water partition coefficient (Wildman–Crippen LogP) is 5.25. The first-order chi connectivity index (χ1) is 12.2. The normalized spacial score (nSPS) is 13.2. The molecule has 3 aromatic rings. The molecule has 25 heavy (non-hydrogen) atoms. The Hall–Kier alpha value is -2.87. The van der Waals surface area contributed by atoms with Gasteiger partial charge in [0.15, 0.2) is 0 Å². The predicted molar refractivity (Wildman–Crippen MR) is 101 cm³/mol. The van der Waals surface area contributed by atoms with E-state index in [0.29, 0.717) is 0 Å². The molecule has 0 amide bonds. The summed E-state index contributed by atoms with van der Waals surface area (Å²) in [5.74, 6) is -1.22. The molecule has 3 rings (SSSR count). The molecule has 0 aromatic heterocycles. The van der Waals surface area contributed by atoms with Crippen molar-refractivity contribution >= 4 is 5.97 Å². The highest BCUT2D eigenvalue weighted by Crippen LogP contribution is 2.33. The topological polar surface area (TPSA) is 37.3 Å². The Morgan fingerprint density at radius 1 is 0.800 bits per heavy atom. The van der Waals surface area contributed by atoms with Crippen LogP contribution in [-0.2, 0) is 11.2 Å². The van der Waals surface area contributed by atoms with Crippen LogP contribution in [-0.4, -0.2) is 11.1 Å². The Kier molecular flexibility index (Phi) is 5.30. The van der Waals surface area contributed by atoms with E-state index in [0.717, 1.165) is 23.1 Å². The van der Waals surface area contributed by atoms with Gasteiger partial charge in [-0.1, -0.05) is 91.9 Å². The fourth-order valence-corrected chi connectivity index (χ4v) is 3.40. The molecule has 0 aliphatic carbocycles. The summed E-state index contributed by atoms with van der Waals surface area (Å²) in [7, 11) is 0. The van der Waals surface area contributed by atoms with Crippen LogP contribution in [0, 0.1) is 0 Å². The quantitative estimate of drug-likeness (QED) is 0.670.